The van der Waals surface area contributed by atoms with Crippen molar-refractivity contribution in [1.29, 1.82) is 0 Å². The van der Waals surface area contributed by atoms with Crippen molar-refractivity contribution >= 4 is 34.2 Å². The van der Waals surface area contributed by atoms with Crippen LogP contribution in [0.5, 0.6) is 0 Å². The molecule has 34 heavy (non-hydrogen) atoms. The first-order valence-corrected chi connectivity index (χ1v) is 12.8. The molecule has 3 aromatic rings. The third kappa shape index (κ3) is 4.66. The summed E-state index contributed by atoms with van der Waals surface area (Å²) < 4.78 is 0. The smallest absolute Gasteiger partial charge is 0.261 e. The van der Waals surface area contributed by atoms with Crippen LogP contribution in [-0.4, -0.2) is 34.2 Å². The fourth-order valence-electron chi connectivity index (χ4n) is 4.71. The zero-order valence-electron chi connectivity index (χ0n) is 19.0. The number of nitrogens with one attached hydrogen (secondary N) is 1. The van der Waals surface area contributed by atoms with E-state index in [0.29, 0.717) is 42.1 Å². The van der Waals surface area contributed by atoms with E-state index in [0.717, 1.165) is 30.5 Å². The number of amides is 3. The van der Waals surface area contributed by atoms with E-state index in [1.165, 1.54) is 40.2 Å². The second-order valence-corrected chi connectivity index (χ2v) is 9.75. The van der Waals surface area contributed by atoms with Gasteiger partial charge in [0.2, 0.25) is 5.91 Å². The summed E-state index contributed by atoms with van der Waals surface area (Å²) in [4.78, 5) is 43.1. The highest BCUT2D eigenvalue weighted by Crippen LogP contribution is 2.30. The van der Waals surface area contributed by atoms with Gasteiger partial charge in [0.05, 0.1) is 16.8 Å². The first kappa shape index (κ1) is 22.5. The Hall–Kier alpha value is -3.32. The van der Waals surface area contributed by atoms with E-state index in [-0.39, 0.29) is 17.7 Å². The molecule has 0 atom stereocenters. The first-order valence-electron chi connectivity index (χ1n) is 11.9. The number of aryl methyl sites for hydroxylation is 2. The lowest BCUT2D eigenvalue weighted by molar-refractivity contribution is -0.116. The Balaban J connectivity index is 1.06. The molecule has 0 saturated heterocycles. The van der Waals surface area contributed by atoms with E-state index in [1.54, 1.807) is 24.3 Å². The molecule has 3 amide bonds. The van der Waals surface area contributed by atoms with Crippen molar-refractivity contribution in [2.24, 2.45) is 0 Å². The number of hydrogen-bond acceptors (Lipinski definition) is 5. The molecule has 7 heteroatoms. The van der Waals surface area contributed by atoms with Crippen molar-refractivity contribution in [2.75, 3.05) is 11.9 Å². The van der Waals surface area contributed by atoms with Crippen molar-refractivity contribution < 1.29 is 14.4 Å². The van der Waals surface area contributed by atoms with Crippen LogP contribution in [0, 0.1) is 0 Å². The lowest BCUT2D eigenvalue weighted by Gasteiger charge is -2.16. The zero-order valence-corrected chi connectivity index (χ0v) is 19.8. The Labute approximate surface area is 203 Å². The molecular weight excluding hydrogens is 446 g/mol. The number of imide groups is 1. The molecule has 0 spiro atoms. The van der Waals surface area contributed by atoms with E-state index in [9.17, 15) is 14.4 Å². The summed E-state index contributed by atoms with van der Waals surface area (Å²) in [6.45, 7) is 0.380. The van der Waals surface area contributed by atoms with Crippen molar-refractivity contribution in [3.05, 3.63) is 70.1 Å². The molecule has 2 heterocycles. The van der Waals surface area contributed by atoms with Crippen LogP contribution in [-0.2, 0) is 17.6 Å². The van der Waals surface area contributed by atoms with Crippen LogP contribution >= 0.6 is 11.3 Å². The maximum atomic E-state index is 12.4. The average Bonchev–Trinajstić information content (AvgIpc) is 3.42. The van der Waals surface area contributed by atoms with Gasteiger partial charge in [0.1, 0.15) is 0 Å². The molecule has 2 aliphatic rings. The molecule has 0 radical (unpaired) electrons. The summed E-state index contributed by atoms with van der Waals surface area (Å²) in [5, 5.41) is 5.51. The quantitative estimate of drug-likeness (QED) is 0.347. The zero-order chi connectivity index (χ0) is 23.5. The Kier molecular flexibility index (Phi) is 6.54. The molecular formula is C27H27N3O3S. The summed E-state index contributed by atoms with van der Waals surface area (Å²) in [6, 6.07) is 13.5. The number of carbonyl (C=O) groups is 3. The number of thiazole rings is 1. The molecule has 0 bridgehead atoms. The fraction of sp³-hybridized carbons (Fsp3) is 0.333. The van der Waals surface area contributed by atoms with Gasteiger partial charge in [0, 0.05) is 23.9 Å². The highest BCUT2D eigenvalue weighted by molar-refractivity contribution is 7.14. The topological polar surface area (TPSA) is 79.4 Å². The predicted molar refractivity (Wildman–Crippen MR) is 133 cm³/mol. The maximum absolute atomic E-state index is 12.4. The SMILES string of the molecule is O=C(CCCCCN1C(=O)c2ccccc2C1=O)Nc1nc(-c2ccc3c(c2)CCCC3)cs1. The van der Waals surface area contributed by atoms with E-state index in [4.69, 9.17) is 0 Å². The molecule has 1 aromatic heterocycles. The molecule has 0 saturated carbocycles. The third-order valence-electron chi connectivity index (χ3n) is 6.56. The minimum absolute atomic E-state index is 0.0629. The number of benzene rings is 2. The Morgan fingerprint density at radius 2 is 1.68 bits per heavy atom. The second kappa shape index (κ2) is 9.89. The van der Waals surface area contributed by atoms with Crippen LogP contribution in [0.15, 0.2) is 47.8 Å². The van der Waals surface area contributed by atoms with Gasteiger partial charge in [-0.1, -0.05) is 30.7 Å². The number of carbonyl (C=O) groups excluding carboxylic acids is 3. The van der Waals surface area contributed by atoms with E-state index < -0.39 is 0 Å². The maximum Gasteiger partial charge on any atom is 0.261 e. The van der Waals surface area contributed by atoms with Crippen LogP contribution in [0.4, 0.5) is 5.13 Å². The van der Waals surface area contributed by atoms with E-state index in [1.807, 2.05) is 5.38 Å². The van der Waals surface area contributed by atoms with Gasteiger partial charge in [0.25, 0.3) is 11.8 Å². The summed E-state index contributed by atoms with van der Waals surface area (Å²) >= 11 is 1.44. The Morgan fingerprint density at radius 3 is 2.44 bits per heavy atom. The highest BCUT2D eigenvalue weighted by atomic mass is 32.1. The Bertz CT molecular complexity index is 1210. The van der Waals surface area contributed by atoms with Crippen molar-refractivity contribution in [3.63, 3.8) is 0 Å². The van der Waals surface area contributed by atoms with E-state index >= 15 is 0 Å². The molecule has 0 fully saturated rings. The molecule has 1 aliphatic carbocycles. The minimum Gasteiger partial charge on any atom is -0.302 e. The number of nitrogens with zero attached hydrogens (tertiary/aromatic N) is 2. The number of unbranched alkanes of at least 4 members (excludes halogenated alkanes) is 2. The normalized spacial score (nSPS) is 14.8. The number of anilines is 1. The van der Waals surface area contributed by atoms with Gasteiger partial charge < -0.3 is 5.32 Å². The summed E-state index contributed by atoms with van der Waals surface area (Å²) in [6.07, 6.45) is 7.32. The van der Waals surface area contributed by atoms with Crippen LogP contribution in [0.3, 0.4) is 0 Å². The third-order valence-corrected chi connectivity index (χ3v) is 7.32. The Morgan fingerprint density at radius 1 is 0.941 bits per heavy atom. The lowest BCUT2D eigenvalue weighted by Crippen LogP contribution is -2.30. The van der Waals surface area contributed by atoms with Gasteiger partial charge in [-0.05, 0) is 67.9 Å². The van der Waals surface area contributed by atoms with Gasteiger partial charge in [0.15, 0.2) is 5.13 Å². The molecule has 2 aromatic carbocycles. The van der Waals surface area contributed by atoms with Gasteiger partial charge in [-0.15, -0.1) is 11.3 Å². The lowest BCUT2D eigenvalue weighted by atomic mass is 9.90. The van der Waals surface area contributed by atoms with Gasteiger partial charge >= 0.3 is 0 Å². The number of rotatable bonds is 8. The average molecular weight is 474 g/mol. The van der Waals surface area contributed by atoms with Crippen LogP contribution in [0.1, 0.15) is 70.4 Å². The largest absolute Gasteiger partial charge is 0.302 e. The van der Waals surface area contributed by atoms with Gasteiger partial charge in [-0.3, -0.25) is 19.3 Å². The summed E-state index contributed by atoms with van der Waals surface area (Å²) in [7, 11) is 0. The molecule has 5 rings (SSSR count). The van der Waals surface area contributed by atoms with Crippen molar-refractivity contribution in [1.82, 2.24) is 9.88 Å². The second-order valence-electron chi connectivity index (χ2n) is 8.89. The number of aromatic nitrogens is 1. The predicted octanol–water partition coefficient (Wildman–Crippen LogP) is 5.48. The van der Waals surface area contributed by atoms with Crippen LogP contribution in [0.2, 0.25) is 0 Å². The first-order chi connectivity index (χ1) is 16.6. The summed E-state index contributed by atoms with van der Waals surface area (Å²) in [5.74, 6) is -0.513. The van der Waals surface area contributed by atoms with Crippen molar-refractivity contribution in [3.8, 4) is 11.3 Å². The van der Waals surface area contributed by atoms with E-state index in [2.05, 4.69) is 28.5 Å². The standard InChI is InChI=1S/C27H27N3O3S/c31-24(12-2-1-7-15-30-25(32)21-10-5-6-11-22(21)26(30)33)29-27-28-23(17-34-27)20-14-13-18-8-3-4-9-19(18)16-20/h5-6,10-11,13-14,16-17H,1-4,7-9,12,15H2,(H,28,29,31). The van der Waals surface area contributed by atoms with Gasteiger partial charge in [-0.25, -0.2) is 4.98 Å². The molecule has 6 nitrogen and oxygen atoms in total. The molecule has 0 unspecified atom stereocenters. The molecule has 1 N–H and O–H groups in total. The molecule has 1 aliphatic heterocycles. The highest BCUT2D eigenvalue weighted by Gasteiger charge is 2.34. The minimum atomic E-state index is -0.225. The summed E-state index contributed by atoms with van der Waals surface area (Å²) in [5.41, 5.74) is 5.82. The van der Waals surface area contributed by atoms with Crippen molar-refractivity contribution in [2.45, 2.75) is 51.4 Å². The fourth-order valence-corrected chi connectivity index (χ4v) is 5.45. The number of fused-ring (bicyclic) bond motifs is 2. The molecule has 174 valence electrons. The van der Waals surface area contributed by atoms with Gasteiger partial charge in [-0.2, -0.15) is 0 Å². The monoisotopic (exact) mass is 473 g/mol. The van der Waals surface area contributed by atoms with Crippen LogP contribution in [0.25, 0.3) is 11.3 Å². The number of hydrogen-bond donors (Lipinski definition) is 1. The van der Waals surface area contributed by atoms with Crippen LogP contribution < -0.4 is 5.32 Å².